The Labute approximate surface area is 144 Å². The predicted octanol–water partition coefficient (Wildman–Crippen LogP) is 5.59. The van der Waals surface area contributed by atoms with Crippen LogP contribution in [0.25, 0.3) is 17.7 Å². The third kappa shape index (κ3) is 3.72. The van der Waals surface area contributed by atoms with Crippen molar-refractivity contribution in [2.24, 2.45) is 0 Å². The minimum atomic E-state index is 0.411. The molecule has 2 rings (SSSR count). The van der Waals surface area contributed by atoms with E-state index in [1.165, 1.54) is 0 Å². The zero-order valence-corrected chi connectivity index (χ0v) is 14.4. The molecule has 3 N–H and O–H groups in total. The van der Waals surface area contributed by atoms with Gasteiger partial charge in [0.15, 0.2) is 0 Å². The van der Waals surface area contributed by atoms with Crippen molar-refractivity contribution in [3.8, 4) is 0 Å². The Kier molecular flexibility index (Phi) is 5.54. The van der Waals surface area contributed by atoms with E-state index in [0.717, 1.165) is 39.8 Å². The van der Waals surface area contributed by atoms with Gasteiger partial charge in [0.25, 0.3) is 0 Å². The normalized spacial score (nSPS) is 10.8. The highest BCUT2D eigenvalue weighted by Gasteiger charge is 2.11. The summed E-state index contributed by atoms with van der Waals surface area (Å²) in [5, 5.41) is 8.46. The minimum Gasteiger partial charge on any atom is -0.398 e. The number of benzene rings is 2. The lowest BCUT2D eigenvalue weighted by molar-refractivity contribution is 1.13. The van der Waals surface area contributed by atoms with E-state index in [-0.39, 0.29) is 0 Å². The van der Waals surface area contributed by atoms with Crippen molar-refractivity contribution >= 4 is 29.1 Å². The Hall–Kier alpha value is -2.87. The van der Waals surface area contributed by atoms with Gasteiger partial charge in [-0.3, -0.25) is 0 Å². The topological polar surface area (TPSA) is 49.9 Å². The minimum absolute atomic E-state index is 0.411. The van der Waals surface area contributed by atoms with Crippen LogP contribution in [0.2, 0.25) is 0 Å². The van der Waals surface area contributed by atoms with Crippen molar-refractivity contribution in [2.75, 3.05) is 5.73 Å². The molecule has 2 heteroatoms. The van der Waals surface area contributed by atoms with Crippen LogP contribution in [-0.4, -0.2) is 5.71 Å². The van der Waals surface area contributed by atoms with Gasteiger partial charge in [-0.05, 0) is 53.8 Å². The van der Waals surface area contributed by atoms with E-state index in [2.05, 4.69) is 26.1 Å². The molecule has 0 saturated heterocycles. The lowest BCUT2D eigenvalue weighted by atomic mass is 9.93. The van der Waals surface area contributed by atoms with Crippen LogP contribution in [0.15, 0.2) is 55.6 Å². The monoisotopic (exact) mass is 316 g/mol. The zero-order chi connectivity index (χ0) is 17.7. The maximum absolute atomic E-state index is 8.46. The molecule has 0 amide bonds. The fourth-order valence-corrected chi connectivity index (χ4v) is 2.74. The lowest BCUT2D eigenvalue weighted by Crippen LogP contribution is -2.07. The Morgan fingerprint density at radius 2 is 2.00 bits per heavy atom. The molecular weight excluding hydrogens is 292 g/mol. The number of hydrogen-bond acceptors (Lipinski definition) is 2. The van der Waals surface area contributed by atoms with Crippen molar-refractivity contribution < 1.29 is 0 Å². The maximum atomic E-state index is 8.46. The molecule has 0 radical (unpaired) electrons. The summed E-state index contributed by atoms with van der Waals surface area (Å²) in [7, 11) is 0. The fourth-order valence-electron chi connectivity index (χ4n) is 2.74. The number of nitrogen functional groups attached to an aromatic ring is 1. The fraction of sp³-hybridized carbons (Fsp3) is 0.136. The first-order valence-electron chi connectivity index (χ1n) is 8.04. The molecule has 24 heavy (non-hydrogen) atoms. The molecule has 2 aromatic rings. The van der Waals surface area contributed by atoms with E-state index in [4.69, 9.17) is 11.1 Å². The average Bonchev–Trinajstić information content (AvgIpc) is 2.59. The van der Waals surface area contributed by atoms with E-state index in [9.17, 15) is 0 Å². The lowest BCUT2D eigenvalue weighted by Gasteiger charge is -2.13. The second-order valence-corrected chi connectivity index (χ2v) is 5.81. The van der Waals surface area contributed by atoms with Crippen LogP contribution in [0.3, 0.4) is 0 Å². The Morgan fingerprint density at radius 1 is 1.25 bits per heavy atom. The van der Waals surface area contributed by atoms with Crippen molar-refractivity contribution in [2.45, 2.75) is 20.3 Å². The summed E-state index contributed by atoms with van der Waals surface area (Å²) >= 11 is 0. The van der Waals surface area contributed by atoms with Crippen molar-refractivity contribution in [3.05, 3.63) is 83.4 Å². The summed E-state index contributed by atoms with van der Waals surface area (Å²) in [5.41, 5.74) is 13.2. The number of anilines is 1. The molecular formula is C22H24N2. The van der Waals surface area contributed by atoms with Crippen LogP contribution in [-0.2, 0) is 6.42 Å². The van der Waals surface area contributed by atoms with Crippen LogP contribution in [0.5, 0.6) is 0 Å². The highest BCUT2D eigenvalue weighted by atomic mass is 14.6. The molecule has 0 saturated carbocycles. The van der Waals surface area contributed by atoms with Crippen molar-refractivity contribution in [3.63, 3.8) is 0 Å². The third-order valence-corrected chi connectivity index (χ3v) is 4.05. The number of allylic oxidation sites excluding steroid dienone is 2. The molecule has 0 aliphatic carbocycles. The quantitative estimate of drug-likeness (QED) is 0.530. The van der Waals surface area contributed by atoms with Crippen molar-refractivity contribution in [1.82, 2.24) is 0 Å². The number of nitrogens with two attached hydrogens (primary N) is 1. The second kappa shape index (κ2) is 7.60. The first kappa shape index (κ1) is 17.5. The number of nitrogens with one attached hydrogen (secondary N) is 1. The Balaban J connectivity index is 2.38. The molecule has 0 atom stereocenters. The number of hydrogen-bond donors (Lipinski definition) is 2. The van der Waals surface area contributed by atoms with Crippen molar-refractivity contribution in [1.29, 1.82) is 5.41 Å². The summed E-state index contributed by atoms with van der Waals surface area (Å²) in [6.45, 7) is 11.9. The van der Waals surface area contributed by atoms with Gasteiger partial charge in [-0.1, -0.05) is 62.1 Å². The molecule has 0 fully saturated rings. The molecule has 0 spiro atoms. The molecule has 0 unspecified atom stereocenters. The molecule has 2 nitrogen and oxygen atoms in total. The summed E-state index contributed by atoms with van der Waals surface area (Å²) in [4.78, 5) is 0. The van der Waals surface area contributed by atoms with Crippen LogP contribution in [0.1, 0.15) is 41.7 Å². The van der Waals surface area contributed by atoms with E-state index in [1.807, 2.05) is 49.4 Å². The summed E-state index contributed by atoms with van der Waals surface area (Å²) in [6.07, 6.45) is 6.36. The molecule has 122 valence electrons. The molecule has 0 heterocycles. The second-order valence-electron chi connectivity index (χ2n) is 5.81. The van der Waals surface area contributed by atoms with Crippen LogP contribution in [0.4, 0.5) is 5.69 Å². The van der Waals surface area contributed by atoms with Gasteiger partial charge < -0.3 is 11.1 Å². The average molecular weight is 316 g/mol. The molecule has 0 aliphatic rings. The predicted molar refractivity (Wildman–Crippen MR) is 107 cm³/mol. The van der Waals surface area contributed by atoms with Gasteiger partial charge >= 0.3 is 0 Å². The maximum Gasteiger partial charge on any atom is 0.0636 e. The number of rotatable bonds is 6. The highest BCUT2D eigenvalue weighted by Crippen LogP contribution is 2.24. The summed E-state index contributed by atoms with van der Waals surface area (Å²) in [6, 6.07) is 11.9. The first-order valence-corrected chi connectivity index (χ1v) is 8.04. The van der Waals surface area contributed by atoms with E-state index in [0.29, 0.717) is 11.4 Å². The largest absolute Gasteiger partial charge is 0.398 e. The zero-order valence-electron chi connectivity index (χ0n) is 14.4. The van der Waals surface area contributed by atoms with E-state index in [1.54, 1.807) is 6.08 Å². The molecule has 0 aromatic heterocycles. The van der Waals surface area contributed by atoms with Gasteiger partial charge in [-0.2, -0.15) is 0 Å². The standard InChI is InChI=1S/C22H24N2/c1-5-17-11-13-21(24)22(19(17)6-2)20(23)12-10-16-8-7-9-18(14-16)15(3)4/h5,7-14,23H,1,3,6,24H2,2,4H3/b12-10+,23-20?. The third-order valence-electron chi connectivity index (χ3n) is 4.05. The van der Waals surface area contributed by atoms with Gasteiger partial charge in [0.05, 0.1) is 5.71 Å². The van der Waals surface area contributed by atoms with Gasteiger partial charge in [-0.15, -0.1) is 0 Å². The molecule has 2 aromatic carbocycles. The molecule has 0 bridgehead atoms. The van der Waals surface area contributed by atoms with Crippen LogP contribution in [0, 0.1) is 5.41 Å². The smallest absolute Gasteiger partial charge is 0.0636 e. The molecule has 0 aliphatic heterocycles. The van der Waals surface area contributed by atoms with Gasteiger partial charge in [0, 0.05) is 11.3 Å². The Bertz CT molecular complexity index is 826. The van der Waals surface area contributed by atoms with Gasteiger partial charge in [-0.25, -0.2) is 0 Å². The highest BCUT2D eigenvalue weighted by molar-refractivity contribution is 6.13. The summed E-state index contributed by atoms with van der Waals surface area (Å²) in [5.74, 6) is 0. The van der Waals surface area contributed by atoms with Crippen LogP contribution < -0.4 is 5.73 Å². The Morgan fingerprint density at radius 3 is 2.62 bits per heavy atom. The van der Waals surface area contributed by atoms with Gasteiger partial charge in [0.1, 0.15) is 0 Å². The van der Waals surface area contributed by atoms with E-state index >= 15 is 0 Å². The first-order chi connectivity index (χ1) is 11.5. The van der Waals surface area contributed by atoms with E-state index < -0.39 is 0 Å². The van der Waals surface area contributed by atoms with Crippen LogP contribution >= 0.6 is 0 Å². The SMILES string of the molecule is C=Cc1ccc(N)c(C(=N)/C=C/c2cccc(C(=C)C)c2)c1CC. The van der Waals surface area contributed by atoms with Gasteiger partial charge in [0.2, 0.25) is 0 Å². The summed E-state index contributed by atoms with van der Waals surface area (Å²) < 4.78 is 0.